The Labute approximate surface area is 201 Å². The Morgan fingerprint density at radius 3 is 1.53 bits per heavy atom. The van der Waals surface area contributed by atoms with Crippen molar-refractivity contribution >= 4 is 21.8 Å². The topological polar surface area (TPSA) is 51.8 Å². The highest BCUT2D eigenvalue weighted by Gasteiger charge is 2.35. The summed E-state index contributed by atoms with van der Waals surface area (Å²) in [5.74, 6) is 0.390. The zero-order valence-corrected chi connectivity index (χ0v) is 21.2. The van der Waals surface area contributed by atoms with Gasteiger partial charge in [-0.3, -0.25) is 0 Å². The molecule has 0 atom stereocenters. The van der Waals surface area contributed by atoms with Gasteiger partial charge in [0, 0.05) is 50.9 Å². The van der Waals surface area contributed by atoms with E-state index in [4.69, 9.17) is 0 Å². The van der Waals surface area contributed by atoms with Gasteiger partial charge in [0.05, 0.1) is 0 Å². The molecule has 0 spiro atoms. The van der Waals surface area contributed by atoms with Gasteiger partial charge in [0.25, 0.3) is 0 Å². The lowest BCUT2D eigenvalue weighted by atomic mass is 9.69. The SMILES string of the molecule is Cc1c(O)c(C(C)(C)C)c(-c2c[nH]c3ccccc23)c(C(C)(C)C)c1-c1c[nH]c2ccccc12. The van der Waals surface area contributed by atoms with Crippen LogP contribution < -0.4 is 0 Å². The Hall–Kier alpha value is -3.46. The average molecular weight is 451 g/mol. The first-order chi connectivity index (χ1) is 16.0. The Morgan fingerprint density at radius 2 is 1.06 bits per heavy atom. The van der Waals surface area contributed by atoms with Crippen molar-refractivity contribution in [2.24, 2.45) is 0 Å². The highest BCUT2D eigenvalue weighted by atomic mass is 16.3. The van der Waals surface area contributed by atoms with E-state index in [0.717, 1.165) is 44.4 Å². The van der Waals surface area contributed by atoms with Crippen LogP contribution in [-0.4, -0.2) is 15.1 Å². The molecule has 0 saturated carbocycles. The molecule has 0 radical (unpaired) electrons. The van der Waals surface area contributed by atoms with Crippen molar-refractivity contribution in [1.29, 1.82) is 0 Å². The summed E-state index contributed by atoms with van der Waals surface area (Å²) >= 11 is 0. The third kappa shape index (κ3) is 3.34. The van der Waals surface area contributed by atoms with E-state index < -0.39 is 0 Å². The third-order valence-electron chi connectivity index (χ3n) is 6.93. The van der Waals surface area contributed by atoms with Crippen LogP contribution in [0.3, 0.4) is 0 Å². The second kappa shape index (κ2) is 7.53. The van der Waals surface area contributed by atoms with Crippen LogP contribution in [-0.2, 0) is 10.8 Å². The van der Waals surface area contributed by atoms with Crippen molar-refractivity contribution < 1.29 is 5.11 Å². The van der Waals surface area contributed by atoms with Crippen LogP contribution in [0.5, 0.6) is 5.75 Å². The van der Waals surface area contributed by atoms with Gasteiger partial charge in [-0.25, -0.2) is 0 Å². The molecule has 2 heterocycles. The number of benzene rings is 3. The van der Waals surface area contributed by atoms with Crippen molar-refractivity contribution in [3.63, 3.8) is 0 Å². The lowest BCUT2D eigenvalue weighted by Gasteiger charge is -2.34. The zero-order valence-electron chi connectivity index (χ0n) is 21.2. The summed E-state index contributed by atoms with van der Waals surface area (Å²) in [6, 6.07) is 16.8. The monoisotopic (exact) mass is 450 g/mol. The number of para-hydroxylation sites is 2. The minimum Gasteiger partial charge on any atom is -0.507 e. The van der Waals surface area contributed by atoms with Gasteiger partial charge in [0.2, 0.25) is 0 Å². The van der Waals surface area contributed by atoms with E-state index in [1.54, 1.807) is 0 Å². The number of aromatic hydroxyl groups is 1. The van der Waals surface area contributed by atoms with Crippen LogP contribution in [0.4, 0.5) is 0 Å². The molecule has 0 unspecified atom stereocenters. The maximum absolute atomic E-state index is 11.8. The predicted molar refractivity (Wildman–Crippen MR) is 145 cm³/mol. The fraction of sp³-hybridized carbons (Fsp3) is 0.290. The molecule has 2 aromatic heterocycles. The van der Waals surface area contributed by atoms with E-state index in [-0.39, 0.29) is 10.8 Å². The number of hydrogen-bond acceptors (Lipinski definition) is 1. The molecule has 5 aromatic rings. The predicted octanol–water partition coefficient (Wildman–Crippen LogP) is 8.59. The van der Waals surface area contributed by atoms with Gasteiger partial charge >= 0.3 is 0 Å². The van der Waals surface area contributed by atoms with Crippen molar-refractivity contribution in [3.8, 4) is 28.0 Å². The zero-order chi connectivity index (χ0) is 24.4. The molecule has 3 nitrogen and oxygen atoms in total. The van der Waals surface area contributed by atoms with Gasteiger partial charge in [-0.15, -0.1) is 0 Å². The second-order valence-corrected chi connectivity index (χ2v) is 11.5. The molecule has 0 aliphatic carbocycles. The van der Waals surface area contributed by atoms with E-state index in [2.05, 4.69) is 119 Å². The van der Waals surface area contributed by atoms with Crippen LogP contribution in [0.1, 0.15) is 58.2 Å². The normalized spacial score (nSPS) is 12.7. The molecule has 3 heteroatoms. The van der Waals surface area contributed by atoms with Crippen LogP contribution in [0, 0.1) is 6.92 Å². The van der Waals surface area contributed by atoms with E-state index in [1.165, 1.54) is 16.3 Å². The molecule has 0 aliphatic rings. The maximum atomic E-state index is 11.8. The van der Waals surface area contributed by atoms with E-state index in [1.807, 2.05) is 0 Å². The number of rotatable bonds is 2. The highest BCUT2D eigenvalue weighted by molar-refractivity contribution is 6.04. The summed E-state index contributed by atoms with van der Waals surface area (Å²) in [5.41, 5.74) is 9.53. The quantitative estimate of drug-likeness (QED) is 0.248. The summed E-state index contributed by atoms with van der Waals surface area (Å²) in [6.07, 6.45) is 4.20. The second-order valence-electron chi connectivity index (χ2n) is 11.5. The molecule has 3 N–H and O–H groups in total. The number of nitrogens with one attached hydrogen (secondary N) is 2. The molecule has 0 saturated heterocycles. The molecule has 3 aromatic carbocycles. The first-order valence-electron chi connectivity index (χ1n) is 12.0. The van der Waals surface area contributed by atoms with Crippen LogP contribution in [0.25, 0.3) is 44.1 Å². The molecule has 0 fully saturated rings. The Kier molecular flexibility index (Phi) is 4.95. The van der Waals surface area contributed by atoms with Gasteiger partial charge in [0.1, 0.15) is 5.75 Å². The maximum Gasteiger partial charge on any atom is 0.123 e. The fourth-order valence-electron chi connectivity index (χ4n) is 5.50. The number of aromatic nitrogens is 2. The van der Waals surface area contributed by atoms with Crippen LogP contribution >= 0.6 is 0 Å². The molecule has 5 rings (SSSR count). The van der Waals surface area contributed by atoms with Gasteiger partial charge in [0.15, 0.2) is 0 Å². The Balaban J connectivity index is 2.03. The molecule has 0 aliphatic heterocycles. The highest BCUT2D eigenvalue weighted by Crippen LogP contribution is 2.53. The molecule has 174 valence electrons. The van der Waals surface area contributed by atoms with E-state index >= 15 is 0 Å². The standard InChI is InChI=1S/C31H34N2O/c1-18-25(21-16-32-23-14-10-8-12-19(21)23)27(30(2,3)4)26(28(29(18)34)31(5,6)7)22-17-33-24-15-11-9-13-20(22)24/h8-17,32-34H,1-7H3. The summed E-state index contributed by atoms with van der Waals surface area (Å²) in [4.78, 5) is 6.93. The summed E-state index contributed by atoms with van der Waals surface area (Å²) < 4.78 is 0. The fourth-order valence-corrected chi connectivity index (χ4v) is 5.50. The minimum atomic E-state index is -0.249. The lowest BCUT2D eigenvalue weighted by molar-refractivity contribution is 0.442. The number of phenolic OH excluding ortho intramolecular Hbond substituents is 1. The Bertz CT molecular complexity index is 1530. The lowest BCUT2D eigenvalue weighted by Crippen LogP contribution is -2.21. The van der Waals surface area contributed by atoms with Crippen molar-refractivity contribution in [3.05, 3.63) is 77.6 Å². The van der Waals surface area contributed by atoms with Gasteiger partial charge in [-0.05, 0) is 52.1 Å². The Morgan fingerprint density at radius 1 is 0.618 bits per heavy atom. The van der Waals surface area contributed by atoms with Crippen LogP contribution in [0.2, 0.25) is 0 Å². The first kappa shape index (κ1) is 22.3. The van der Waals surface area contributed by atoms with E-state index in [0.29, 0.717) is 5.75 Å². The third-order valence-corrected chi connectivity index (χ3v) is 6.93. The average Bonchev–Trinajstić information content (AvgIpc) is 3.38. The van der Waals surface area contributed by atoms with Crippen LogP contribution in [0.15, 0.2) is 60.9 Å². The molecule has 0 amide bonds. The summed E-state index contributed by atoms with van der Waals surface area (Å²) in [5, 5.41) is 14.1. The molecule has 34 heavy (non-hydrogen) atoms. The molecular formula is C31H34N2O. The van der Waals surface area contributed by atoms with Gasteiger partial charge in [-0.1, -0.05) is 77.9 Å². The van der Waals surface area contributed by atoms with Crippen molar-refractivity contribution in [2.45, 2.75) is 59.3 Å². The number of H-pyrrole nitrogens is 2. The summed E-state index contributed by atoms with van der Waals surface area (Å²) in [7, 11) is 0. The number of phenols is 1. The number of fused-ring (bicyclic) bond motifs is 2. The smallest absolute Gasteiger partial charge is 0.123 e. The minimum absolute atomic E-state index is 0.167. The van der Waals surface area contributed by atoms with Crippen molar-refractivity contribution in [1.82, 2.24) is 9.97 Å². The van der Waals surface area contributed by atoms with E-state index in [9.17, 15) is 5.11 Å². The van der Waals surface area contributed by atoms with Gasteiger partial charge in [-0.2, -0.15) is 0 Å². The number of hydrogen-bond donors (Lipinski definition) is 3. The first-order valence-corrected chi connectivity index (χ1v) is 12.0. The summed E-state index contributed by atoms with van der Waals surface area (Å²) in [6.45, 7) is 15.5. The number of aromatic amines is 2. The van der Waals surface area contributed by atoms with Gasteiger partial charge < -0.3 is 15.1 Å². The van der Waals surface area contributed by atoms with Crippen molar-refractivity contribution in [2.75, 3.05) is 0 Å². The largest absolute Gasteiger partial charge is 0.507 e. The molecular weight excluding hydrogens is 416 g/mol. The molecule has 0 bridgehead atoms.